The molecule has 0 aliphatic rings. The Morgan fingerprint density at radius 1 is 1.50 bits per heavy atom. The van der Waals surface area contributed by atoms with Crippen LogP contribution in [0.25, 0.3) is 0 Å². The van der Waals surface area contributed by atoms with Crippen molar-refractivity contribution in [3.8, 4) is 5.75 Å². The maximum absolute atomic E-state index is 9.33. The summed E-state index contributed by atoms with van der Waals surface area (Å²) in [5, 5.41) is 9.33. The molecule has 0 aromatic heterocycles. The first-order valence-corrected chi connectivity index (χ1v) is 3.85. The van der Waals surface area contributed by atoms with Gasteiger partial charge < -0.3 is 9.94 Å². The molecule has 0 aliphatic heterocycles. The van der Waals surface area contributed by atoms with E-state index < -0.39 is 0 Å². The van der Waals surface area contributed by atoms with Gasteiger partial charge in [0.2, 0.25) is 0 Å². The van der Waals surface area contributed by atoms with Crippen LogP contribution in [0.2, 0.25) is 0 Å². The third-order valence-electron chi connectivity index (χ3n) is 1.91. The molecule has 1 aromatic carbocycles. The summed E-state index contributed by atoms with van der Waals surface area (Å²) in [7, 11) is 0. The predicted octanol–water partition coefficient (Wildman–Crippen LogP) is 1.13. The molecule has 0 bridgehead atoms. The lowest BCUT2D eigenvalue weighted by Crippen LogP contribution is -2.04. The summed E-state index contributed by atoms with van der Waals surface area (Å²) in [6.07, 6.45) is 0.733. The molecule has 0 aliphatic carbocycles. The molecule has 0 radical (unpaired) electrons. The van der Waals surface area contributed by atoms with Gasteiger partial charge in [-0.25, -0.2) is 5.90 Å². The minimum absolute atomic E-state index is 0.324. The highest BCUT2D eigenvalue weighted by Gasteiger charge is 2.01. The summed E-state index contributed by atoms with van der Waals surface area (Å²) in [5.41, 5.74) is 1.97. The molecule has 0 saturated carbocycles. The van der Waals surface area contributed by atoms with E-state index in [2.05, 4.69) is 4.84 Å². The van der Waals surface area contributed by atoms with E-state index in [1.807, 2.05) is 19.1 Å². The van der Waals surface area contributed by atoms with Gasteiger partial charge in [0.05, 0.1) is 6.61 Å². The Bertz CT molecular complexity index is 261. The monoisotopic (exact) mass is 167 g/mol. The summed E-state index contributed by atoms with van der Waals surface area (Å²) in [5.74, 6) is 5.23. The average molecular weight is 167 g/mol. The second kappa shape index (κ2) is 4.09. The Morgan fingerprint density at radius 2 is 2.25 bits per heavy atom. The van der Waals surface area contributed by atoms with Crippen molar-refractivity contribution < 1.29 is 9.94 Å². The van der Waals surface area contributed by atoms with Crippen molar-refractivity contribution in [2.45, 2.75) is 13.3 Å². The van der Waals surface area contributed by atoms with Crippen LogP contribution in [0.3, 0.4) is 0 Å². The van der Waals surface area contributed by atoms with Crippen LogP contribution in [-0.2, 0) is 11.3 Å². The van der Waals surface area contributed by atoms with E-state index in [-0.39, 0.29) is 0 Å². The van der Waals surface area contributed by atoms with Crippen LogP contribution in [0.5, 0.6) is 5.75 Å². The van der Waals surface area contributed by atoms with E-state index in [9.17, 15) is 5.11 Å². The highest BCUT2D eigenvalue weighted by Crippen LogP contribution is 2.19. The topological polar surface area (TPSA) is 55.5 Å². The van der Waals surface area contributed by atoms with Crippen LogP contribution in [0, 0.1) is 6.92 Å². The number of nitrogens with two attached hydrogens (primary N) is 1. The fraction of sp³-hybridized carbons (Fsp3) is 0.333. The van der Waals surface area contributed by atoms with E-state index in [1.165, 1.54) is 0 Å². The number of rotatable bonds is 3. The first-order chi connectivity index (χ1) is 5.75. The largest absolute Gasteiger partial charge is 0.508 e. The summed E-state index contributed by atoms with van der Waals surface area (Å²) in [4.78, 5) is 4.46. The van der Waals surface area contributed by atoms with E-state index in [0.717, 1.165) is 17.5 Å². The molecule has 0 saturated heterocycles. The minimum atomic E-state index is 0.324. The van der Waals surface area contributed by atoms with E-state index in [4.69, 9.17) is 5.90 Å². The SMILES string of the molecule is Cc1c(O)cccc1CCON. The van der Waals surface area contributed by atoms with Gasteiger partial charge in [0.1, 0.15) is 5.75 Å². The van der Waals surface area contributed by atoms with E-state index in [1.54, 1.807) is 6.07 Å². The molecule has 3 heteroatoms. The van der Waals surface area contributed by atoms with Crippen LogP contribution in [0.1, 0.15) is 11.1 Å². The zero-order chi connectivity index (χ0) is 8.97. The molecule has 0 amide bonds. The molecule has 3 N–H and O–H groups in total. The molecule has 0 unspecified atom stereocenters. The fourth-order valence-corrected chi connectivity index (χ4v) is 1.11. The molecule has 1 aromatic rings. The van der Waals surface area contributed by atoms with Gasteiger partial charge in [-0.15, -0.1) is 0 Å². The molecule has 0 fully saturated rings. The molecule has 1 rings (SSSR count). The Hall–Kier alpha value is -1.06. The Morgan fingerprint density at radius 3 is 2.92 bits per heavy atom. The van der Waals surface area contributed by atoms with Gasteiger partial charge in [-0.05, 0) is 30.5 Å². The average Bonchev–Trinajstić information content (AvgIpc) is 2.08. The number of hydrogen-bond donors (Lipinski definition) is 2. The first-order valence-electron chi connectivity index (χ1n) is 3.85. The summed E-state index contributed by atoms with van der Waals surface area (Å²) >= 11 is 0. The molecule has 0 heterocycles. The van der Waals surface area contributed by atoms with Crippen molar-refractivity contribution in [1.82, 2.24) is 0 Å². The third-order valence-corrected chi connectivity index (χ3v) is 1.91. The van der Waals surface area contributed by atoms with Gasteiger partial charge in [-0.1, -0.05) is 12.1 Å². The summed E-state index contributed by atoms with van der Waals surface area (Å²) in [6.45, 7) is 2.35. The molecule has 0 atom stereocenters. The predicted molar refractivity (Wildman–Crippen MR) is 46.7 cm³/mol. The molecular formula is C9H13NO2. The van der Waals surface area contributed by atoms with Crippen LogP contribution in [0.4, 0.5) is 0 Å². The third kappa shape index (κ3) is 1.96. The Kier molecular flexibility index (Phi) is 3.08. The number of aromatic hydroxyl groups is 1. The van der Waals surface area contributed by atoms with Crippen LogP contribution >= 0.6 is 0 Å². The second-order valence-corrected chi connectivity index (χ2v) is 2.68. The Labute approximate surface area is 71.7 Å². The highest BCUT2D eigenvalue weighted by molar-refractivity contribution is 5.37. The highest BCUT2D eigenvalue weighted by atomic mass is 16.6. The first kappa shape index (κ1) is 9.03. The van der Waals surface area contributed by atoms with Gasteiger partial charge >= 0.3 is 0 Å². The lowest BCUT2D eigenvalue weighted by molar-refractivity contribution is 0.141. The van der Waals surface area contributed by atoms with Gasteiger partial charge in [-0.2, -0.15) is 0 Å². The second-order valence-electron chi connectivity index (χ2n) is 2.68. The van der Waals surface area contributed by atoms with Crippen LogP contribution in [-0.4, -0.2) is 11.7 Å². The molecule has 12 heavy (non-hydrogen) atoms. The zero-order valence-corrected chi connectivity index (χ0v) is 7.08. The van der Waals surface area contributed by atoms with Gasteiger partial charge in [0.25, 0.3) is 0 Å². The van der Waals surface area contributed by atoms with E-state index in [0.29, 0.717) is 12.4 Å². The molecule has 0 spiro atoms. The van der Waals surface area contributed by atoms with Crippen LogP contribution in [0.15, 0.2) is 18.2 Å². The quantitative estimate of drug-likeness (QED) is 0.663. The van der Waals surface area contributed by atoms with Crippen molar-refractivity contribution in [2.24, 2.45) is 5.90 Å². The van der Waals surface area contributed by atoms with Gasteiger partial charge in [0.15, 0.2) is 0 Å². The maximum atomic E-state index is 9.33. The summed E-state index contributed by atoms with van der Waals surface area (Å²) in [6, 6.07) is 5.43. The lowest BCUT2D eigenvalue weighted by atomic mass is 10.1. The number of phenolic OH excluding ortho intramolecular Hbond substituents is 1. The lowest BCUT2D eigenvalue weighted by Gasteiger charge is -2.05. The molecule has 3 nitrogen and oxygen atoms in total. The van der Waals surface area contributed by atoms with Crippen molar-refractivity contribution >= 4 is 0 Å². The Balaban J connectivity index is 2.78. The normalized spacial score (nSPS) is 10.2. The standard InChI is InChI=1S/C9H13NO2/c1-7-8(5-6-12-10)3-2-4-9(7)11/h2-4,11H,5-6,10H2,1H3. The minimum Gasteiger partial charge on any atom is -0.508 e. The van der Waals surface area contributed by atoms with Gasteiger partial charge in [-0.3, -0.25) is 0 Å². The number of benzene rings is 1. The van der Waals surface area contributed by atoms with Crippen LogP contribution < -0.4 is 5.90 Å². The van der Waals surface area contributed by atoms with E-state index >= 15 is 0 Å². The smallest absolute Gasteiger partial charge is 0.118 e. The zero-order valence-electron chi connectivity index (χ0n) is 7.08. The van der Waals surface area contributed by atoms with Crippen molar-refractivity contribution in [3.05, 3.63) is 29.3 Å². The number of phenols is 1. The molecular weight excluding hydrogens is 154 g/mol. The van der Waals surface area contributed by atoms with Crippen molar-refractivity contribution in [3.63, 3.8) is 0 Å². The summed E-state index contributed by atoms with van der Waals surface area (Å²) < 4.78 is 0. The van der Waals surface area contributed by atoms with Crippen molar-refractivity contribution in [2.75, 3.05) is 6.61 Å². The van der Waals surface area contributed by atoms with Crippen molar-refractivity contribution in [1.29, 1.82) is 0 Å². The van der Waals surface area contributed by atoms with Gasteiger partial charge in [0, 0.05) is 0 Å². The fourth-order valence-electron chi connectivity index (χ4n) is 1.11. The maximum Gasteiger partial charge on any atom is 0.118 e. The number of hydrogen-bond acceptors (Lipinski definition) is 3. The molecule has 66 valence electrons.